The standard InChI is InChI=1S/C21H33F2N3O4.HI/c1-3-24-21(25-9-5-10-27-14-17-8-11-28-15-17)26-13-16-6-7-18(30-20(22)23)19(12-16)29-4-2;/h6-7,12,17,20H,3-5,8-11,13-15H2,1-2H3,(H2,24,25,26);1H. The summed E-state index contributed by atoms with van der Waals surface area (Å²) in [5.41, 5.74) is 0.833. The van der Waals surface area contributed by atoms with E-state index in [0.29, 0.717) is 31.6 Å². The summed E-state index contributed by atoms with van der Waals surface area (Å²) in [5.74, 6) is 1.52. The molecule has 31 heavy (non-hydrogen) atoms. The highest BCUT2D eigenvalue weighted by Crippen LogP contribution is 2.30. The lowest BCUT2D eigenvalue weighted by Crippen LogP contribution is -2.38. The van der Waals surface area contributed by atoms with E-state index in [0.717, 1.165) is 51.3 Å². The molecule has 7 nitrogen and oxygen atoms in total. The van der Waals surface area contributed by atoms with Gasteiger partial charge in [0.15, 0.2) is 17.5 Å². The fourth-order valence-corrected chi connectivity index (χ4v) is 2.97. The van der Waals surface area contributed by atoms with E-state index >= 15 is 0 Å². The first-order chi connectivity index (χ1) is 14.6. The van der Waals surface area contributed by atoms with Gasteiger partial charge >= 0.3 is 6.61 Å². The number of hydrogen-bond acceptors (Lipinski definition) is 5. The van der Waals surface area contributed by atoms with Crippen LogP contribution in [-0.2, 0) is 16.0 Å². The van der Waals surface area contributed by atoms with Gasteiger partial charge in [0, 0.05) is 32.2 Å². The lowest BCUT2D eigenvalue weighted by Gasteiger charge is -2.14. The summed E-state index contributed by atoms with van der Waals surface area (Å²) in [6, 6.07) is 4.86. The third-order valence-electron chi connectivity index (χ3n) is 4.42. The second-order valence-electron chi connectivity index (χ2n) is 6.87. The molecule has 0 bridgehead atoms. The lowest BCUT2D eigenvalue weighted by atomic mass is 10.1. The Morgan fingerprint density at radius 1 is 1.26 bits per heavy atom. The van der Waals surface area contributed by atoms with Crippen LogP contribution < -0.4 is 20.1 Å². The van der Waals surface area contributed by atoms with Crippen molar-refractivity contribution in [1.29, 1.82) is 0 Å². The second kappa shape index (κ2) is 16.3. The fourth-order valence-electron chi connectivity index (χ4n) is 2.97. The van der Waals surface area contributed by atoms with E-state index in [-0.39, 0.29) is 35.5 Å². The molecular formula is C21H34F2IN3O4. The van der Waals surface area contributed by atoms with Crippen LogP contribution in [0.2, 0.25) is 0 Å². The molecule has 1 atom stereocenters. The predicted octanol–water partition coefficient (Wildman–Crippen LogP) is 3.80. The number of benzene rings is 1. The Kier molecular flexibility index (Phi) is 14.5. The SMILES string of the molecule is CCNC(=NCc1ccc(OC(F)F)c(OCC)c1)NCCCOCC1CCOC1.I. The van der Waals surface area contributed by atoms with Crippen molar-refractivity contribution < 1.29 is 27.7 Å². The Hall–Kier alpha value is -1.40. The molecule has 0 spiro atoms. The van der Waals surface area contributed by atoms with E-state index in [2.05, 4.69) is 20.4 Å². The number of ether oxygens (including phenoxy) is 4. The highest BCUT2D eigenvalue weighted by Gasteiger charge is 2.15. The van der Waals surface area contributed by atoms with Crippen LogP contribution >= 0.6 is 24.0 Å². The van der Waals surface area contributed by atoms with E-state index in [4.69, 9.17) is 14.2 Å². The molecule has 0 amide bonds. The maximum atomic E-state index is 12.5. The maximum absolute atomic E-state index is 12.5. The van der Waals surface area contributed by atoms with Crippen molar-refractivity contribution in [3.63, 3.8) is 0 Å². The molecule has 2 rings (SSSR count). The minimum atomic E-state index is -2.90. The Bertz CT molecular complexity index is 647. The summed E-state index contributed by atoms with van der Waals surface area (Å²) in [6.07, 6.45) is 1.95. The normalized spacial score (nSPS) is 16.2. The van der Waals surface area contributed by atoms with Crippen molar-refractivity contribution in [3.05, 3.63) is 23.8 Å². The van der Waals surface area contributed by atoms with Gasteiger partial charge in [0.2, 0.25) is 0 Å². The fraction of sp³-hybridized carbons (Fsp3) is 0.667. The van der Waals surface area contributed by atoms with Gasteiger partial charge in [0.05, 0.1) is 26.4 Å². The van der Waals surface area contributed by atoms with Gasteiger partial charge in [0.1, 0.15) is 0 Å². The summed E-state index contributed by atoms with van der Waals surface area (Å²) < 4.78 is 46.0. The number of aliphatic imine (C=N–C) groups is 1. The van der Waals surface area contributed by atoms with E-state index in [1.807, 2.05) is 6.92 Å². The highest BCUT2D eigenvalue weighted by molar-refractivity contribution is 14.0. The lowest BCUT2D eigenvalue weighted by molar-refractivity contribution is -0.0514. The number of guanidine groups is 1. The summed E-state index contributed by atoms with van der Waals surface area (Å²) in [4.78, 5) is 4.55. The van der Waals surface area contributed by atoms with Crippen molar-refractivity contribution in [2.24, 2.45) is 10.9 Å². The maximum Gasteiger partial charge on any atom is 0.387 e. The van der Waals surface area contributed by atoms with Crippen LogP contribution in [0.4, 0.5) is 8.78 Å². The predicted molar refractivity (Wildman–Crippen MR) is 127 cm³/mol. The zero-order chi connectivity index (χ0) is 21.6. The van der Waals surface area contributed by atoms with Gasteiger partial charge in [-0.2, -0.15) is 8.78 Å². The third kappa shape index (κ3) is 11.2. The molecule has 0 radical (unpaired) electrons. The molecule has 1 fully saturated rings. The molecule has 0 aromatic heterocycles. The average Bonchev–Trinajstić information content (AvgIpc) is 3.23. The van der Waals surface area contributed by atoms with Gasteiger partial charge in [-0.25, -0.2) is 4.99 Å². The molecule has 1 aromatic carbocycles. The van der Waals surface area contributed by atoms with Crippen molar-refractivity contribution in [2.75, 3.05) is 46.1 Å². The van der Waals surface area contributed by atoms with Crippen molar-refractivity contribution in [3.8, 4) is 11.5 Å². The smallest absolute Gasteiger partial charge is 0.387 e. The Morgan fingerprint density at radius 3 is 2.77 bits per heavy atom. The molecule has 10 heteroatoms. The van der Waals surface area contributed by atoms with Crippen LogP contribution in [0, 0.1) is 5.92 Å². The van der Waals surface area contributed by atoms with Gasteiger partial charge in [-0.15, -0.1) is 24.0 Å². The van der Waals surface area contributed by atoms with Gasteiger partial charge < -0.3 is 29.6 Å². The third-order valence-corrected chi connectivity index (χ3v) is 4.42. The quantitative estimate of drug-likeness (QED) is 0.167. The zero-order valence-corrected chi connectivity index (χ0v) is 20.5. The van der Waals surface area contributed by atoms with Crippen LogP contribution in [0.25, 0.3) is 0 Å². The van der Waals surface area contributed by atoms with Crippen molar-refractivity contribution >= 4 is 29.9 Å². The second-order valence-corrected chi connectivity index (χ2v) is 6.87. The Labute approximate surface area is 200 Å². The molecule has 1 aliphatic rings. The van der Waals surface area contributed by atoms with Crippen LogP contribution in [0.3, 0.4) is 0 Å². The monoisotopic (exact) mass is 557 g/mol. The van der Waals surface area contributed by atoms with E-state index in [1.54, 1.807) is 19.1 Å². The summed E-state index contributed by atoms with van der Waals surface area (Å²) in [7, 11) is 0. The molecule has 1 heterocycles. The molecule has 1 aliphatic heterocycles. The van der Waals surface area contributed by atoms with Crippen LogP contribution in [-0.4, -0.2) is 58.7 Å². The minimum absolute atomic E-state index is 0. The van der Waals surface area contributed by atoms with Gasteiger partial charge in [-0.1, -0.05) is 6.07 Å². The first-order valence-electron chi connectivity index (χ1n) is 10.5. The van der Waals surface area contributed by atoms with Gasteiger partial charge in [0.25, 0.3) is 0 Å². The van der Waals surface area contributed by atoms with Crippen molar-refractivity contribution in [2.45, 2.75) is 39.8 Å². The molecule has 1 aromatic rings. The molecule has 0 aliphatic carbocycles. The topological polar surface area (TPSA) is 73.3 Å². The largest absolute Gasteiger partial charge is 0.490 e. The average molecular weight is 557 g/mol. The molecule has 178 valence electrons. The zero-order valence-electron chi connectivity index (χ0n) is 18.2. The number of alkyl halides is 2. The number of hydrogen-bond donors (Lipinski definition) is 2. The highest BCUT2D eigenvalue weighted by atomic mass is 127. The van der Waals surface area contributed by atoms with Gasteiger partial charge in [-0.05, 0) is 44.4 Å². The number of rotatable bonds is 13. The van der Waals surface area contributed by atoms with Crippen LogP contribution in [0.5, 0.6) is 11.5 Å². The molecule has 0 saturated carbocycles. The van der Waals surface area contributed by atoms with Crippen molar-refractivity contribution in [1.82, 2.24) is 10.6 Å². The Balaban J connectivity index is 0.00000480. The summed E-state index contributed by atoms with van der Waals surface area (Å²) in [6.45, 7) is 6.16. The molecular weight excluding hydrogens is 523 g/mol. The summed E-state index contributed by atoms with van der Waals surface area (Å²) >= 11 is 0. The molecule has 2 N–H and O–H groups in total. The van der Waals surface area contributed by atoms with E-state index in [1.165, 1.54) is 6.07 Å². The first-order valence-corrected chi connectivity index (χ1v) is 10.5. The number of halogens is 3. The number of nitrogens with one attached hydrogen (secondary N) is 2. The van der Waals surface area contributed by atoms with E-state index in [9.17, 15) is 8.78 Å². The number of nitrogens with zero attached hydrogens (tertiary/aromatic N) is 1. The first kappa shape index (κ1) is 27.6. The van der Waals surface area contributed by atoms with Gasteiger partial charge in [-0.3, -0.25) is 0 Å². The van der Waals surface area contributed by atoms with E-state index < -0.39 is 6.61 Å². The Morgan fingerprint density at radius 2 is 2.10 bits per heavy atom. The molecule has 1 unspecified atom stereocenters. The minimum Gasteiger partial charge on any atom is -0.490 e. The summed E-state index contributed by atoms with van der Waals surface area (Å²) in [5, 5.41) is 6.47. The van der Waals surface area contributed by atoms with Crippen LogP contribution in [0.1, 0.15) is 32.3 Å². The molecule has 1 saturated heterocycles. The van der Waals surface area contributed by atoms with Crippen LogP contribution in [0.15, 0.2) is 23.2 Å².